The molecule has 0 spiro atoms. The van der Waals surface area contributed by atoms with Crippen LogP contribution >= 0.6 is 0 Å². The minimum absolute atomic E-state index is 0.0402. The summed E-state index contributed by atoms with van der Waals surface area (Å²) in [6.07, 6.45) is 3.59. The summed E-state index contributed by atoms with van der Waals surface area (Å²) in [6.45, 7) is 6.49. The van der Waals surface area contributed by atoms with E-state index in [0.29, 0.717) is 12.3 Å². The SMILES string of the molecule is CCC[C@@H](C)NC(=O)C(=O)c1c(-c2ccc(OCC)cc2)cc2ccccn12. The zero-order chi connectivity index (χ0) is 20.1. The number of amides is 1. The van der Waals surface area contributed by atoms with Crippen molar-refractivity contribution in [3.8, 4) is 16.9 Å². The van der Waals surface area contributed by atoms with E-state index < -0.39 is 11.7 Å². The van der Waals surface area contributed by atoms with E-state index >= 15 is 0 Å². The molecule has 1 aromatic carbocycles. The number of hydrogen-bond acceptors (Lipinski definition) is 3. The van der Waals surface area contributed by atoms with Gasteiger partial charge in [-0.05, 0) is 56.2 Å². The molecule has 146 valence electrons. The molecule has 2 aromatic heterocycles. The molecule has 0 aliphatic rings. The van der Waals surface area contributed by atoms with Crippen LogP contribution in [0.15, 0.2) is 54.7 Å². The Kier molecular flexibility index (Phi) is 6.14. The number of aromatic nitrogens is 1. The molecule has 0 radical (unpaired) electrons. The smallest absolute Gasteiger partial charge is 0.294 e. The third-order valence-corrected chi connectivity index (χ3v) is 4.68. The highest BCUT2D eigenvalue weighted by atomic mass is 16.5. The highest BCUT2D eigenvalue weighted by Crippen LogP contribution is 2.29. The molecule has 1 amide bonds. The molecule has 28 heavy (non-hydrogen) atoms. The van der Waals surface area contributed by atoms with Gasteiger partial charge in [0.15, 0.2) is 0 Å². The van der Waals surface area contributed by atoms with E-state index in [1.807, 2.05) is 68.6 Å². The Morgan fingerprint density at radius 2 is 1.86 bits per heavy atom. The zero-order valence-corrected chi connectivity index (χ0v) is 16.6. The Balaban J connectivity index is 2.02. The maximum Gasteiger partial charge on any atom is 0.294 e. The van der Waals surface area contributed by atoms with Gasteiger partial charge in [0.2, 0.25) is 0 Å². The zero-order valence-electron chi connectivity index (χ0n) is 16.6. The number of ether oxygens (including phenoxy) is 1. The number of benzene rings is 1. The quantitative estimate of drug-likeness (QED) is 0.464. The average molecular weight is 378 g/mol. The van der Waals surface area contributed by atoms with Crippen molar-refractivity contribution in [1.29, 1.82) is 0 Å². The number of hydrogen-bond donors (Lipinski definition) is 1. The lowest BCUT2D eigenvalue weighted by molar-refractivity contribution is -0.117. The van der Waals surface area contributed by atoms with Gasteiger partial charge in [0.05, 0.1) is 6.61 Å². The number of pyridine rings is 1. The van der Waals surface area contributed by atoms with Crippen LogP contribution in [-0.2, 0) is 4.79 Å². The van der Waals surface area contributed by atoms with Gasteiger partial charge in [-0.25, -0.2) is 0 Å². The molecule has 0 saturated heterocycles. The number of carbonyl (C=O) groups is 2. The van der Waals surface area contributed by atoms with Crippen LogP contribution in [0.4, 0.5) is 0 Å². The number of nitrogens with zero attached hydrogens (tertiary/aromatic N) is 1. The van der Waals surface area contributed by atoms with Gasteiger partial charge in [-0.2, -0.15) is 0 Å². The van der Waals surface area contributed by atoms with Gasteiger partial charge < -0.3 is 14.5 Å². The summed E-state index contributed by atoms with van der Waals surface area (Å²) in [5, 5.41) is 2.82. The van der Waals surface area contributed by atoms with Gasteiger partial charge in [-0.15, -0.1) is 0 Å². The predicted octanol–water partition coefficient (Wildman–Crippen LogP) is 4.49. The third-order valence-electron chi connectivity index (χ3n) is 4.68. The standard InChI is InChI=1S/C23H26N2O3/c1-4-8-16(3)24-23(27)22(26)21-20(15-18-9-6-7-14-25(18)21)17-10-12-19(13-11-17)28-5-2/h6-7,9-16H,4-5,8H2,1-3H3,(H,24,27)/t16-/m1/s1. The first-order chi connectivity index (χ1) is 13.5. The van der Waals surface area contributed by atoms with Crippen LogP contribution in [0.1, 0.15) is 44.1 Å². The van der Waals surface area contributed by atoms with E-state index in [9.17, 15) is 9.59 Å². The summed E-state index contributed by atoms with van der Waals surface area (Å²) >= 11 is 0. The van der Waals surface area contributed by atoms with Crippen molar-refractivity contribution in [2.75, 3.05) is 6.61 Å². The number of carbonyl (C=O) groups excluding carboxylic acids is 2. The molecular weight excluding hydrogens is 352 g/mol. The van der Waals surface area contributed by atoms with Gasteiger partial charge in [0.25, 0.3) is 11.7 Å². The second-order valence-corrected chi connectivity index (χ2v) is 6.85. The monoisotopic (exact) mass is 378 g/mol. The van der Waals surface area contributed by atoms with E-state index in [1.165, 1.54) is 0 Å². The second kappa shape index (κ2) is 8.74. The molecule has 3 rings (SSSR count). The van der Waals surface area contributed by atoms with E-state index in [2.05, 4.69) is 12.2 Å². The lowest BCUT2D eigenvalue weighted by Gasteiger charge is -2.13. The number of rotatable bonds is 8. The van der Waals surface area contributed by atoms with Crippen LogP contribution < -0.4 is 10.1 Å². The van der Waals surface area contributed by atoms with Crippen molar-refractivity contribution in [3.63, 3.8) is 0 Å². The number of fused-ring (bicyclic) bond motifs is 1. The van der Waals surface area contributed by atoms with Crippen molar-refractivity contribution < 1.29 is 14.3 Å². The van der Waals surface area contributed by atoms with Crippen molar-refractivity contribution in [2.24, 2.45) is 0 Å². The topological polar surface area (TPSA) is 59.8 Å². The Morgan fingerprint density at radius 3 is 2.54 bits per heavy atom. The largest absolute Gasteiger partial charge is 0.494 e. The second-order valence-electron chi connectivity index (χ2n) is 6.85. The van der Waals surface area contributed by atoms with E-state index in [0.717, 1.165) is 35.2 Å². The van der Waals surface area contributed by atoms with Crippen LogP contribution in [0.5, 0.6) is 5.75 Å². The molecular formula is C23H26N2O3. The lowest BCUT2D eigenvalue weighted by atomic mass is 10.0. The summed E-state index contributed by atoms with van der Waals surface area (Å²) in [7, 11) is 0. The Morgan fingerprint density at radius 1 is 1.11 bits per heavy atom. The van der Waals surface area contributed by atoms with Crippen molar-refractivity contribution in [1.82, 2.24) is 9.72 Å². The molecule has 2 heterocycles. The average Bonchev–Trinajstić information content (AvgIpc) is 3.07. The molecule has 5 heteroatoms. The highest BCUT2D eigenvalue weighted by molar-refractivity contribution is 6.43. The van der Waals surface area contributed by atoms with Gasteiger partial charge in [-0.3, -0.25) is 9.59 Å². The van der Waals surface area contributed by atoms with Crippen LogP contribution in [0.25, 0.3) is 16.6 Å². The summed E-state index contributed by atoms with van der Waals surface area (Å²) in [5.74, 6) is -0.330. The molecule has 3 aromatic rings. The maximum atomic E-state index is 13.1. The van der Waals surface area contributed by atoms with Crippen LogP contribution in [-0.4, -0.2) is 28.7 Å². The molecule has 1 N–H and O–H groups in total. The molecule has 0 aliphatic heterocycles. The summed E-state index contributed by atoms with van der Waals surface area (Å²) < 4.78 is 7.28. The Bertz CT molecular complexity index is 973. The predicted molar refractivity (Wildman–Crippen MR) is 111 cm³/mol. The van der Waals surface area contributed by atoms with Crippen molar-refractivity contribution >= 4 is 17.2 Å². The summed E-state index contributed by atoms with van der Waals surface area (Å²) in [4.78, 5) is 25.7. The molecule has 0 unspecified atom stereocenters. The van der Waals surface area contributed by atoms with E-state index in [4.69, 9.17) is 4.74 Å². The molecule has 5 nitrogen and oxygen atoms in total. The normalized spacial score (nSPS) is 12.0. The number of ketones is 1. The highest BCUT2D eigenvalue weighted by Gasteiger charge is 2.25. The molecule has 0 bridgehead atoms. The van der Waals surface area contributed by atoms with Crippen LogP contribution in [0.3, 0.4) is 0 Å². The van der Waals surface area contributed by atoms with Gasteiger partial charge in [0, 0.05) is 23.3 Å². The maximum absolute atomic E-state index is 13.1. The fourth-order valence-corrected chi connectivity index (χ4v) is 3.37. The van der Waals surface area contributed by atoms with Crippen LogP contribution in [0, 0.1) is 0 Å². The number of nitrogens with one attached hydrogen (secondary N) is 1. The summed E-state index contributed by atoms with van der Waals surface area (Å²) in [6, 6.07) is 15.2. The Labute approximate surface area is 165 Å². The van der Waals surface area contributed by atoms with Crippen molar-refractivity contribution in [2.45, 2.75) is 39.7 Å². The van der Waals surface area contributed by atoms with E-state index in [1.54, 1.807) is 4.40 Å². The summed E-state index contributed by atoms with van der Waals surface area (Å²) in [5.41, 5.74) is 2.84. The van der Waals surface area contributed by atoms with E-state index in [-0.39, 0.29) is 6.04 Å². The first kappa shape index (κ1) is 19.7. The minimum Gasteiger partial charge on any atom is -0.494 e. The van der Waals surface area contributed by atoms with Gasteiger partial charge in [0.1, 0.15) is 11.4 Å². The lowest BCUT2D eigenvalue weighted by Crippen LogP contribution is -2.38. The van der Waals surface area contributed by atoms with Gasteiger partial charge in [-0.1, -0.05) is 31.5 Å². The molecule has 0 fully saturated rings. The van der Waals surface area contributed by atoms with Crippen molar-refractivity contribution in [3.05, 3.63) is 60.4 Å². The first-order valence-electron chi connectivity index (χ1n) is 9.73. The molecule has 1 atom stereocenters. The fourth-order valence-electron chi connectivity index (χ4n) is 3.37. The fraction of sp³-hybridized carbons (Fsp3) is 0.304. The van der Waals surface area contributed by atoms with Gasteiger partial charge >= 0.3 is 0 Å². The molecule has 0 saturated carbocycles. The molecule has 0 aliphatic carbocycles. The first-order valence-corrected chi connectivity index (χ1v) is 9.73. The third kappa shape index (κ3) is 4.09. The van der Waals surface area contributed by atoms with Crippen LogP contribution in [0.2, 0.25) is 0 Å². The minimum atomic E-state index is -0.572. The Hall–Kier alpha value is -3.08. The number of Topliss-reactive ketones (excluding diaryl/α,β-unsaturated/α-hetero) is 1.